The molecule has 3 rings (SSSR count). The van der Waals surface area contributed by atoms with E-state index in [9.17, 15) is 0 Å². The Morgan fingerprint density at radius 3 is 0.889 bits per heavy atom. The van der Waals surface area contributed by atoms with Gasteiger partial charge in [-0.05, 0) is 11.8 Å². The first-order valence-corrected chi connectivity index (χ1v) is 3.95. The third-order valence-corrected chi connectivity index (χ3v) is 2.95. The molecule has 0 aromatic rings. The van der Waals surface area contributed by atoms with E-state index in [1.807, 2.05) is 0 Å². The molecule has 2 bridgehead atoms. The van der Waals surface area contributed by atoms with Crippen LogP contribution >= 0.6 is 0 Å². The van der Waals surface area contributed by atoms with E-state index in [0.717, 1.165) is 11.8 Å². The van der Waals surface area contributed by atoms with Gasteiger partial charge in [0, 0.05) is 6.15 Å². The molecule has 0 atom stereocenters. The minimum Gasteiger partial charge on any atom is -0.0502 e. The van der Waals surface area contributed by atoms with E-state index in [1.54, 1.807) is 38.5 Å². The van der Waals surface area contributed by atoms with Crippen LogP contribution in [0, 0.1) is 11.8 Å². The molecule has 3 radical (unpaired) electrons. The minimum absolute atomic E-state index is 0. The third kappa shape index (κ3) is 1.26. The van der Waals surface area contributed by atoms with E-state index in [4.69, 9.17) is 0 Å². The van der Waals surface area contributed by atoms with Crippen molar-refractivity contribution in [1.29, 1.82) is 0 Å². The Labute approximate surface area is 57.4 Å². The van der Waals surface area contributed by atoms with Crippen molar-refractivity contribution in [3.63, 3.8) is 0 Å². The highest BCUT2D eigenvalue weighted by molar-refractivity contribution is 4.79. The third-order valence-electron chi connectivity index (χ3n) is 2.95. The van der Waals surface area contributed by atoms with Crippen LogP contribution in [0.1, 0.15) is 38.5 Å². The molecule has 0 aromatic heterocycles. The maximum atomic E-state index is 1.56. The lowest BCUT2D eigenvalue weighted by Gasteiger charge is -2.35. The highest BCUT2D eigenvalue weighted by Crippen LogP contribution is 2.40. The van der Waals surface area contributed by atoms with Crippen LogP contribution in [0.2, 0.25) is 0 Å². The first kappa shape index (κ1) is 7.07. The Hall–Kier alpha value is -0.0400. The number of fused-ring (bicyclic) bond motifs is 3. The summed E-state index contributed by atoms with van der Waals surface area (Å²) in [7, 11) is 0. The van der Waals surface area contributed by atoms with Gasteiger partial charge in [-0.3, -0.25) is 0 Å². The molecule has 0 saturated heterocycles. The molecule has 0 amide bonds. The van der Waals surface area contributed by atoms with Crippen molar-refractivity contribution in [1.82, 2.24) is 6.15 Å². The van der Waals surface area contributed by atoms with Gasteiger partial charge < -0.3 is 0 Å². The second-order valence-corrected chi connectivity index (χ2v) is 3.46. The fourth-order valence-electron chi connectivity index (χ4n) is 2.28. The topological polar surface area (TPSA) is 30.5 Å². The molecule has 0 spiro atoms. The van der Waals surface area contributed by atoms with E-state index >= 15 is 0 Å². The largest absolute Gasteiger partial charge is 0.0502 e. The standard InChI is InChI=1S/C8H14.N/c1-2-8-5-3-7(1)4-6-8;/h7-8H,1-6H2;. The van der Waals surface area contributed by atoms with Crippen molar-refractivity contribution in [2.75, 3.05) is 0 Å². The summed E-state index contributed by atoms with van der Waals surface area (Å²) in [6, 6.07) is 0. The lowest BCUT2D eigenvalue weighted by molar-refractivity contribution is 0.176. The Morgan fingerprint density at radius 1 is 0.556 bits per heavy atom. The zero-order valence-corrected chi connectivity index (χ0v) is 5.84. The van der Waals surface area contributed by atoms with Crippen LogP contribution in [0.4, 0.5) is 0 Å². The van der Waals surface area contributed by atoms with Crippen LogP contribution in [0.5, 0.6) is 0 Å². The molecule has 3 saturated carbocycles. The molecule has 51 valence electrons. The molecule has 0 unspecified atom stereocenters. The quantitative estimate of drug-likeness (QED) is 0.473. The summed E-state index contributed by atoms with van der Waals surface area (Å²) in [5.74, 6) is 2.31. The molecule has 0 N–H and O–H groups in total. The first-order valence-electron chi connectivity index (χ1n) is 3.95. The van der Waals surface area contributed by atoms with E-state index in [-0.39, 0.29) is 6.15 Å². The van der Waals surface area contributed by atoms with Crippen LogP contribution < -0.4 is 6.15 Å². The van der Waals surface area contributed by atoms with Gasteiger partial charge in [0.1, 0.15) is 0 Å². The van der Waals surface area contributed by atoms with Crippen LogP contribution in [-0.4, -0.2) is 0 Å². The fraction of sp³-hybridized carbons (Fsp3) is 1.00. The highest BCUT2D eigenvalue weighted by atomic mass is 14.3. The average molecular weight is 124 g/mol. The Kier molecular flexibility index (Phi) is 2.12. The van der Waals surface area contributed by atoms with Crippen molar-refractivity contribution < 1.29 is 0 Å². The Bertz CT molecular complexity index is 59.5. The van der Waals surface area contributed by atoms with Gasteiger partial charge in [0.05, 0.1) is 0 Å². The zero-order chi connectivity index (χ0) is 5.40. The van der Waals surface area contributed by atoms with Crippen LogP contribution in [0.25, 0.3) is 0 Å². The molecule has 3 fully saturated rings. The van der Waals surface area contributed by atoms with Crippen LogP contribution in [-0.2, 0) is 0 Å². The van der Waals surface area contributed by atoms with Crippen molar-refractivity contribution in [3.05, 3.63) is 0 Å². The summed E-state index contributed by atoms with van der Waals surface area (Å²) < 4.78 is 0. The summed E-state index contributed by atoms with van der Waals surface area (Å²) in [6.45, 7) is 0. The van der Waals surface area contributed by atoms with E-state index in [0.29, 0.717) is 0 Å². The smallest absolute Gasteiger partial charge is 0 e. The lowest BCUT2D eigenvalue weighted by atomic mass is 9.71. The van der Waals surface area contributed by atoms with Gasteiger partial charge in [0.15, 0.2) is 0 Å². The molecule has 1 heteroatoms. The number of hydrogen-bond acceptors (Lipinski definition) is 0. The van der Waals surface area contributed by atoms with Gasteiger partial charge in [-0.25, -0.2) is 0 Å². The minimum atomic E-state index is 0. The monoisotopic (exact) mass is 124 g/mol. The summed E-state index contributed by atoms with van der Waals surface area (Å²) >= 11 is 0. The zero-order valence-electron chi connectivity index (χ0n) is 5.84. The average Bonchev–Trinajstić information content (AvgIpc) is 1.92. The number of rotatable bonds is 0. The molecular formula is C8H14N. The SMILES string of the molecule is C1CC2CCC1CC2.[N]. The van der Waals surface area contributed by atoms with E-state index in [2.05, 4.69) is 0 Å². The normalized spacial score (nSPS) is 40.0. The predicted molar refractivity (Wildman–Crippen MR) is 36.8 cm³/mol. The van der Waals surface area contributed by atoms with Gasteiger partial charge in [-0.15, -0.1) is 0 Å². The lowest BCUT2D eigenvalue weighted by Crippen LogP contribution is -2.21. The van der Waals surface area contributed by atoms with Crippen LogP contribution in [0.3, 0.4) is 0 Å². The summed E-state index contributed by atoms with van der Waals surface area (Å²) in [6.07, 6.45) is 9.36. The maximum Gasteiger partial charge on any atom is 0 e. The van der Waals surface area contributed by atoms with Crippen molar-refractivity contribution >= 4 is 0 Å². The molecular weight excluding hydrogens is 110 g/mol. The second kappa shape index (κ2) is 2.70. The summed E-state index contributed by atoms with van der Waals surface area (Å²) in [5.41, 5.74) is 0. The molecule has 0 aromatic carbocycles. The first-order chi connectivity index (χ1) is 3.95. The second-order valence-electron chi connectivity index (χ2n) is 3.46. The van der Waals surface area contributed by atoms with Gasteiger partial charge in [-0.2, -0.15) is 0 Å². The van der Waals surface area contributed by atoms with Gasteiger partial charge in [0.2, 0.25) is 0 Å². The van der Waals surface area contributed by atoms with E-state index in [1.165, 1.54) is 0 Å². The van der Waals surface area contributed by atoms with Crippen molar-refractivity contribution in [3.8, 4) is 0 Å². The molecule has 0 heterocycles. The summed E-state index contributed by atoms with van der Waals surface area (Å²) in [5, 5.41) is 0. The maximum absolute atomic E-state index is 1.56. The number of hydrogen-bond donors (Lipinski definition) is 0. The fourth-order valence-corrected chi connectivity index (χ4v) is 2.28. The van der Waals surface area contributed by atoms with Gasteiger partial charge in [-0.1, -0.05) is 38.5 Å². The van der Waals surface area contributed by atoms with Crippen molar-refractivity contribution in [2.24, 2.45) is 11.8 Å². The molecule has 9 heavy (non-hydrogen) atoms. The molecule has 3 aliphatic rings. The van der Waals surface area contributed by atoms with Gasteiger partial charge >= 0.3 is 0 Å². The molecule has 3 aliphatic carbocycles. The summed E-state index contributed by atoms with van der Waals surface area (Å²) in [4.78, 5) is 0. The molecule has 1 nitrogen and oxygen atoms in total. The van der Waals surface area contributed by atoms with Crippen molar-refractivity contribution in [2.45, 2.75) is 38.5 Å². The number of nitrogens with zero attached hydrogens (tertiary/aromatic N) is 1. The van der Waals surface area contributed by atoms with E-state index < -0.39 is 0 Å². The predicted octanol–water partition coefficient (Wildman–Crippen LogP) is 2.11. The van der Waals surface area contributed by atoms with Crippen LogP contribution in [0.15, 0.2) is 0 Å². The van der Waals surface area contributed by atoms with Gasteiger partial charge in [0.25, 0.3) is 0 Å². The Balaban J connectivity index is 0.000000405. The Morgan fingerprint density at radius 2 is 0.778 bits per heavy atom. The highest BCUT2D eigenvalue weighted by Gasteiger charge is 2.26. The molecule has 0 aliphatic heterocycles.